The molecule has 19 heavy (non-hydrogen) atoms. The summed E-state index contributed by atoms with van der Waals surface area (Å²) in [5.41, 5.74) is 0.461. The summed E-state index contributed by atoms with van der Waals surface area (Å²) in [5.74, 6) is -0.913. The van der Waals surface area contributed by atoms with E-state index in [2.05, 4.69) is 5.32 Å². The van der Waals surface area contributed by atoms with Crippen molar-refractivity contribution in [3.63, 3.8) is 0 Å². The maximum Gasteiger partial charge on any atom is 0.268 e. The van der Waals surface area contributed by atoms with Gasteiger partial charge in [-0.15, -0.1) is 0 Å². The van der Waals surface area contributed by atoms with Gasteiger partial charge >= 0.3 is 0 Å². The minimum Gasteiger partial charge on any atom is -0.347 e. The molecule has 2 rings (SSSR count). The predicted molar refractivity (Wildman–Crippen MR) is 68.3 cm³/mol. The van der Waals surface area contributed by atoms with Crippen LogP contribution in [-0.2, 0) is 16.6 Å². The molecule has 1 aliphatic heterocycles. The normalized spacial score (nSPS) is 19.4. The van der Waals surface area contributed by atoms with Gasteiger partial charge in [0.2, 0.25) is 5.91 Å². The highest BCUT2D eigenvalue weighted by Gasteiger charge is 2.40. The Morgan fingerprint density at radius 1 is 1.42 bits per heavy atom. The van der Waals surface area contributed by atoms with Crippen molar-refractivity contribution in [2.75, 3.05) is 0 Å². The van der Waals surface area contributed by atoms with Crippen molar-refractivity contribution in [1.29, 1.82) is 0 Å². The Bertz CT molecular complexity index is 533. The summed E-state index contributed by atoms with van der Waals surface area (Å²) in [7, 11) is 1.75. The van der Waals surface area contributed by atoms with E-state index in [0.717, 1.165) is 0 Å². The van der Waals surface area contributed by atoms with Crippen LogP contribution in [0.3, 0.4) is 0 Å². The van der Waals surface area contributed by atoms with E-state index in [1.807, 2.05) is 0 Å². The third kappa shape index (κ3) is 2.38. The van der Waals surface area contributed by atoms with E-state index in [9.17, 15) is 14.4 Å². The van der Waals surface area contributed by atoms with Crippen molar-refractivity contribution < 1.29 is 14.4 Å². The van der Waals surface area contributed by atoms with E-state index in [1.165, 1.54) is 4.90 Å². The van der Waals surface area contributed by atoms with Gasteiger partial charge in [0, 0.05) is 19.3 Å². The monoisotopic (exact) mass is 263 g/mol. The van der Waals surface area contributed by atoms with Gasteiger partial charge in [-0.25, -0.2) is 0 Å². The van der Waals surface area contributed by atoms with Gasteiger partial charge < -0.3 is 9.88 Å². The van der Waals surface area contributed by atoms with Crippen LogP contribution >= 0.6 is 0 Å². The van der Waals surface area contributed by atoms with Crippen molar-refractivity contribution in [2.45, 2.75) is 32.4 Å². The lowest BCUT2D eigenvalue weighted by Gasteiger charge is -2.19. The SMILES string of the molecule is CC(C)N1C(=O)CC(NC(=O)c2cccn2C)C1=O. The summed E-state index contributed by atoms with van der Waals surface area (Å²) in [4.78, 5) is 37.0. The molecule has 6 nitrogen and oxygen atoms in total. The van der Waals surface area contributed by atoms with E-state index < -0.39 is 6.04 Å². The summed E-state index contributed by atoms with van der Waals surface area (Å²) in [6, 6.07) is 2.47. The molecule has 6 heteroatoms. The number of nitrogens with one attached hydrogen (secondary N) is 1. The van der Waals surface area contributed by atoms with E-state index in [4.69, 9.17) is 0 Å². The molecule has 3 amide bonds. The molecule has 1 fully saturated rings. The zero-order valence-corrected chi connectivity index (χ0v) is 11.2. The van der Waals surface area contributed by atoms with E-state index in [0.29, 0.717) is 5.69 Å². The zero-order valence-electron chi connectivity index (χ0n) is 11.2. The molecule has 1 aromatic heterocycles. The molecule has 1 unspecified atom stereocenters. The summed E-state index contributed by atoms with van der Waals surface area (Å²) in [6.45, 7) is 3.55. The topological polar surface area (TPSA) is 71.4 Å². The number of hydrogen-bond acceptors (Lipinski definition) is 3. The van der Waals surface area contributed by atoms with Crippen molar-refractivity contribution >= 4 is 17.7 Å². The van der Waals surface area contributed by atoms with Gasteiger partial charge in [0.15, 0.2) is 0 Å². The standard InChI is InChI=1S/C13H17N3O3/c1-8(2)16-11(17)7-9(13(16)19)14-12(18)10-5-4-6-15(10)3/h4-6,8-9H,7H2,1-3H3,(H,14,18). The molecule has 1 aliphatic rings. The van der Waals surface area contributed by atoms with Crippen LogP contribution in [0.15, 0.2) is 18.3 Å². The first-order chi connectivity index (χ1) is 8.91. The van der Waals surface area contributed by atoms with Gasteiger partial charge in [0.25, 0.3) is 11.8 Å². The largest absolute Gasteiger partial charge is 0.347 e. The average molecular weight is 263 g/mol. The van der Waals surface area contributed by atoms with Gasteiger partial charge in [-0.2, -0.15) is 0 Å². The maximum atomic E-state index is 12.0. The first-order valence-corrected chi connectivity index (χ1v) is 6.20. The molecule has 1 atom stereocenters. The highest BCUT2D eigenvalue weighted by atomic mass is 16.2. The molecular weight excluding hydrogens is 246 g/mol. The highest BCUT2D eigenvalue weighted by molar-refractivity contribution is 6.08. The third-order valence-corrected chi connectivity index (χ3v) is 3.18. The second-order valence-electron chi connectivity index (χ2n) is 4.93. The summed E-state index contributed by atoms with van der Waals surface area (Å²) in [5, 5.41) is 2.62. The maximum absolute atomic E-state index is 12.0. The third-order valence-electron chi connectivity index (χ3n) is 3.18. The highest BCUT2D eigenvalue weighted by Crippen LogP contribution is 2.16. The Morgan fingerprint density at radius 3 is 2.58 bits per heavy atom. The second-order valence-corrected chi connectivity index (χ2v) is 4.93. The van der Waals surface area contributed by atoms with Crippen LogP contribution in [0.25, 0.3) is 0 Å². The van der Waals surface area contributed by atoms with Crippen LogP contribution in [0.5, 0.6) is 0 Å². The zero-order chi connectivity index (χ0) is 14.2. The number of amides is 3. The van der Waals surface area contributed by atoms with Crippen molar-refractivity contribution in [3.05, 3.63) is 24.0 Å². The quantitative estimate of drug-likeness (QED) is 0.797. The molecule has 102 valence electrons. The fourth-order valence-corrected chi connectivity index (χ4v) is 2.24. The minimum absolute atomic E-state index is 0.0349. The first-order valence-electron chi connectivity index (χ1n) is 6.20. The van der Waals surface area contributed by atoms with Crippen LogP contribution in [0.1, 0.15) is 30.8 Å². The van der Waals surface area contributed by atoms with Crippen LogP contribution in [0.4, 0.5) is 0 Å². The summed E-state index contributed by atoms with van der Waals surface area (Å²) >= 11 is 0. The van der Waals surface area contributed by atoms with Crippen molar-refractivity contribution in [2.24, 2.45) is 7.05 Å². The number of carbonyl (C=O) groups excluding carboxylic acids is 3. The smallest absolute Gasteiger partial charge is 0.268 e. The first kappa shape index (κ1) is 13.3. The van der Waals surface area contributed by atoms with Gasteiger partial charge in [0.05, 0.1) is 6.42 Å². The molecule has 0 aliphatic carbocycles. The van der Waals surface area contributed by atoms with Crippen LogP contribution in [0, 0.1) is 0 Å². The van der Waals surface area contributed by atoms with Gasteiger partial charge in [-0.05, 0) is 26.0 Å². The Morgan fingerprint density at radius 2 is 2.11 bits per heavy atom. The van der Waals surface area contributed by atoms with Gasteiger partial charge in [0.1, 0.15) is 11.7 Å². The second kappa shape index (κ2) is 4.87. The lowest BCUT2D eigenvalue weighted by Crippen LogP contribution is -2.44. The molecule has 0 aromatic carbocycles. The van der Waals surface area contributed by atoms with Crippen LogP contribution in [0.2, 0.25) is 0 Å². The molecular formula is C13H17N3O3. The molecule has 0 radical (unpaired) electrons. The molecule has 2 heterocycles. The summed E-state index contributed by atoms with van der Waals surface area (Å²) in [6.07, 6.45) is 1.78. The van der Waals surface area contributed by atoms with E-state index in [1.54, 1.807) is 43.8 Å². The minimum atomic E-state index is -0.753. The fourth-order valence-electron chi connectivity index (χ4n) is 2.24. The number of likely N-dealkylation sites (tertiary alicyclic amines) is 1. The number of aryl methyl sites for hydroxylation is 1. The Hall–Kier alpha value is -2.11. The molecule has 1 aromatic rings. The predicted octanol–water partition coefficient (Wildman–Crippen LogP) is 0.291. The van der Waals surface area contributed by atoms with Gasteiger partial charge in [-0.1, -0.05) is 0 Å². The number of hydrogen-bond donors (Lipinski definition) is 1. The van der Waals surface area contributed by atoms with Gasteiger partial charge in [-0.3, -0.25) is 19.3 Å². The molecule has 0 bridgehead atoms. The molecule has 1 N–H and O–H groups in total. The molecule has 0 spiro atoms. The van der Waals surface area contributed by atoms with Crippen molar-refractivity contribution in [1.82, 2.24) is 14.8 Å². The Labute approximate surface area is 111 Å². The lowest BCUT2D eigenvalue weighted by molar-refractivity contribution is -0.140. The molecule has 0 saturated carbocycles. The van der Waals surface area contributed by atoms with Crippen LogP contribution in [-0.4, -0.2) is 39.3 Å². The summed E-state index contributed by atoms with van der Waals surface area (Å²) < 4.78 is 1.66. The Balaban J connectivity index is 2.09. The Kier molecular flexibility index (Phi) is 3.42. The number of imide groups is 1. The number of aromatic nitrogens is 1. The fraction of sp³-hybridized carbons (Fsp3) is 0.462. The number of rotatable bonds is 3. The number of carbonyl (C=O) groups is 3. The van der Waals surface area contributed by atoms with E-state index >= 15 is 0 Å². The van der Waals surface area contributed by atoms with E-state index in [-0.39, 0.29) is 30.2 Å². The molecule has 1 saturated heterocycles. The van der Waals surface area contributed by atoms with Crippen LogP contribution < -0.4 is 5.32 Å². The van der Waals surface area contributed by atoms with Crippen molar-refractivity contribution in [3.8, 4) is 0 Å². The average Bonchev–Trinajstić information content (AvgIpc) is 2.84. The lowest BCUT2D eigenvalue weighted by atomic mass is 10.2. The number of nitrogens with zero attached hydrogens (tertiary/aromatic N) is 2.